The summed E-state index contributed by atoms with van der Waals surface area (Å²) in [6, 6.07) is 8.86. The molecule has 15 heteroatoms. The Hall–Kier alpha value is -2.17. The van der Waals surface area contributed by atoms with E-state index < -0.39 is 46.3 Å². The maximum Gasteiger partial charge on any atom is 0.417 e. The van der Waals surface area contributed by atoms with Crippen LogP contribution in [0, 0.1) is 11.3 Å². The summed E-state index contributed by atoms with van der Waals surface area (Å²) >= 11 is 6.31. The average molecular weight is 553 g/mol. The van der Waals surface area contributed by atoms with Crippen LogP contribution >= 0.6 is 30.5 Å². The highest BCUT2D eigenvalue weighted by Crippen LogP contribution is 2.45. The normalized spacial score (nSPS) is 13.6. The molecule has 0 amide bonds. The first-order valence-corrected chi connectivity index (χ1v) is 13.6. The number of ether oxygens (including phenoxy) is 1. The number of sulfonamides is 1. The topological polar surface area (TPSA) is 142 Å². The zero-order valence-corrected chi connectivity index (χ0v) is 20.0. The summed E-state index contributed by atoms with van der Waals surface area (Å²) < 4.78 is 84.6. The number of alkyl halides is 4. The molecule has 0 aliphatic carbocycles. The second kappa shape index (κ2) is 9.83. The maximum absolute atomic E-state index is 13.3. The van der Waals surface area contributed by atoms with E-state index in [0.717, 1.165) is 17.4 Å². The Kier molecular flexibility index (Phi) is 7.64. The lowest BCUT2D eigenvalue weighted by molar-refractivity contribution is -0.317. The zero-order valence-electron chi connectivity index (χ0n) is 16.7. The lowest BCUT2D eigenvalue weighted by Gasteiger charge is -2.38. The van der Waals surface area contributed by atoms with Gasteiger partial charge in [-0.3, -0.25) is 0 Å². The van der Waals surface area contributed by atoms with Crippen LogP contribution in [0.5, 0.6) is 5.75 Å². The molecular formula is C19H13ClF3N2O6PS2-2. The fourth-order valence-corrected chi connectivity index (χ4v) is 6.95. The first-order valence-electron chi connectivity index (χ1n) is 9.14. The molecule has 1 unspecified atom stereocenters. The molecule has 0 fully saturated rings. The number of nitrogens with zero attached hydrogens (tertiary/aromatic N) is 1. The van der Waals surface area contributed by atoms with Crippen LogP contribution in [-0.4, -0.2) is 20.9 Å². The maximum atomic E-state index is 13.3. The van der Waals surface area contributed by atoms with E-state index in [-0.39, 0.29) is 22.8 Å². The molecule has 0 saturated carbocycles. The van der Waals surface area contributed by atoms with Crippen molar-refractivity contribution in [1.29, 1.82) is 5.26 Å². The molecule has 0 radical (unpaired) electrons. The van der Waals surface area contributed by atoms with Gasteiger partial charge in [0.1, 0.15) is 16.6 Å². The van der Waals surface area contributed by atoms with E-state index in [1.807, 2.05) is 0 Å². The second-order valence-electron chi connectivity index (χ2n) is 6.78. The first kappa shape index (κ1) is 26.4. The van der Waals surface area contributed by atoms with Gasteiger partial charge in [0.05, 0.1) is 28.9 Å². The summed E-state index contributed by atoms with van der Waals surface area (Å²) in [5.74, 6) is -1.91. The molecule has 1 aromatic heterocycles. The number of rotatable bonds is 8. The van der Waals surface area contributed by atoms with Crippen molar-refractivity contribution in [3.63, 3.8) is 0 Å². The summed E-state index contributed by atoms with van der Waals surface area (Å²) in [4.78, 5) is 23.7. The summed E-state index contributed by atoms with van der Waals surface area (Å²) in [6.07, 6.45) is -5.05. The quantitative estimate of drug-likeness (QED) is 0.334. The number of thiophene rings is 1. The molecule has 1 heterocycles. The van der Waals surface area contributed by atoms with Crippen molar-refractivity contribution in [1.82, 2.24) is 4.72 Å². The Labute approximate surface area is 200 Å². The first-order chi connectivity index (χ1) is 15.8. The molecule has 0 bridgehead atoms. The van der Waals surface area contributed by atoms with Crippen molar-refractivity contribution >= 4 is 50.6 Å². The highest BCUT2D eigenvalue weighted by Gasteiger charge is 2.35. The molecule has 1 atom stereocenters. The summed E-state index contributed by atoms with van der Waals surface area (Å²) in [5.41, 5.74) is -3.10. The summed E-state index contributed by atoms with van der Waals surface area (Å²) in [7, 11) is -10.5. The molecule has 0 aliphatic heterocycles. The van der Waals surface area contributed by atoms with Crippen molar-refractivity contribution in [2.45, 2.75) is 16.2 Å². The minimum atomic E-state index is -5.83. The molecule has 1 N–H and O–H groups in total. The van der Waals surface area contributed by atoms with Gasteiger partial charge in [0.15, 0.2) is 0 Å². The number of fused-ring (bicyclic) bond motifs is 1. The van der Waals surface area contributed by atoms with Gasteiger partial charge in [0.2, 0.25) is 0 Å². The predicted molar refractivity (Wildman–Crippen MR) is 115 cm³/mol. The van der Waals surface area contributed by atoms with E-state index >= 15 is 0 Å². The molecule has 0 aliphatic rings. The van der Waals surface area contributed by atoms with Gasteiger partial charge in [0.25, 0.3) is 10.0 Å². The number of halogens is 4. The minimum absolute atomic E-state index is 0.207. The fourth-order valence-electron chi connectivity index (χ4n) is 2.96. The van der Waals surface area contributed by atoms with Crippen LogP contribution < -0.4 is 19.2 Å². The van der Waals surface area contributed by atoms with Gasteiger partial charge in [-0.2, -0.15) is 23.2 Å². The SMILES string of the molecule is N#Cc1ccc(C(NS(=O)(=O)c2cc3cc(OCCCl)ccc3s2)P(=O)([O-])[O-])cc1C(F)(F)F. The van der Waals surface area contributed by atoms with Crippen molar-refractivity contribution in [3.05, 3.63) is 59.2 Å². The third-order valence-corrected chi connectivity index (χ3v) is 8.85. The standard InChI is InChI=1S/C19H15ClF3N2O6PS2/c20-5-6-31-14-3-4-16-13(7-14)9-17(33-16)34(29,30)25-18(32(26,27)28)11-1-2-12(10-24)15(8-11)19(21,22)23/h1-4,7-9,18,25H,5-6H2,(H2,26,27,28)/p-2. The van der Waals surface area contributed by atoms with Gasteiger partial charge < -0.3 is 19.1 Å². The third-order valence-electron chi connectivity index (χ3n) is 4.44. The van der Waals surface area contributed by atoms with Crippen LogP contribution in [0.1, 0.15) is 22.5 Å². The van der Waals surface area contributed by atoms with Crippen LogP contribution in [0.2, 0.25) is 0 Å². The van der Waals surface area contributed by atoms with Gasteiger partial charge in [0, 0.05) is 4.70 Å². The van der Waals surface area contributed by atoms with E-state index in [9.17, 15) is 35.9 Å². The Morgan fingerprint density at radius 2 is 1.91 bits per heavy atom. The van der Waals surface area contributed by atoms with E-state index in [1.165, 1.54) is 18.2 Å². The fraction of sp³-hybridized carbons (Fsp3) is 0.211. The van der Waals surface area contributed by atoms with Crippen molar-refractivity contribution in [2.24, 2.45) is 0 Å². The van der Waals surface area contributed by atoms with Crippen LogP contribution in [0.4, 0.5) is 13.2 Å². The second-order valence-corrected chi connectivity index (χ2v) is 11.8. The summed E-state index contributed by atoms with van der Waals surface area (Å²) in [6.45, 7) is 0.207. The van der Waals surface area contributed by atoms with E-state index in [4.69, 9.17) is 21.6 Å². The van der Waals surface area contributed by atoms with Gasteiger partial charge in [-0.15, -0.1) is 22.9 Å². The van der Waals surface area contributed by atoms with E-state index in [1.54, 1.807) is 16.9 Å². The number of benzene rings is 2. The molecular weight excluding hydrogens is 540 g/mol. The number of nitrogens with one attached hydrogen (secondary N) is 1. The van der Waals surface area contributed by atoms with Gasteiger partial charge in [-0.05, 0) is 54.9 Å². The zero-order chi connectivity index (χ0) is 25.3. The van der Waals surface area contributed by atoms with Gasteiger partial charge in [-0.25, -0.2) is 8.42 Å². The third kappa shape index (κ3) is 5.90. The molecule has 0 spiro atoms. The van der Waals surface area contributed by atoms with E-state index in [0.29, 0.717) is 21.9 Å². The largest absolute Gasteiger partial charge is 0.809 e. The van der Waals surface area contributed by atoms with Crippen molar-refractivity contribution in [3.8, 4) is 11.8 Å². The highest BCUT2D eigenvalue weighted by molar-refractivity contribution is 7.92. The van der Waals surface area contributed by atoms with Gasteiger partial charge in [-0.1, -0.05) is 6.07 Å². The van der Waals surface area contributed by atoms with Crippen LogP contribution in [0.3, 0.4) is 0 Å². The van der Waals surface area contributed by atoms with Crippen molar-refractivity contribution in [2.75, 3.05) is 12.5 Å². The predicted octanol–water partition coefficient (Wildman–Crippen LogP) is 3.30. The van der Waals surface area contributed by atoms with E-state index in [2.05, 4.69) is 0 Å². The molecule has 8 nitrogen and oxygen atoms in total. The lowest BCUT2D eigenvalue weighted by Crippen LogP contribution is -2.35. The lowest BCUT2D eigenvalue weighted by atomic mass is 10.0. The molecule has 34 heavy (non-hydrogen) atoms. The Bertz CT molecular complexity index is 1420. The number of hydrogen-bond acceptors (Lipinski definition) is 8. The monoisotopic (exact) mass is 552 g/mol. The van der Waals surface area contributed by atoms with Crippen molar-refractivity contribution < 1.29 is 40.7 Å². The Balaban J connectivity index is 2.02. The van der Waals surface area contributed by atoms with Crippen LogP contribution in [0.25, 0.3) is 10.1 Å². The molecule has 3 aromatic rings. The average Bonchev–Trinajstić information content (AvgIpc) is 3.19. The Morgan fingerprint density at radius 1 is 1.21 bits per heavy atom. The minimum Gasteiger partial charge on any atom is -0.809 e. The van der Waals surface area contributed by atoms with Gasteiger partial charge >= 0.3 is 6.18 Å². The number of hydrogen-bond donors (Lipinski definition) is 1. The highest BCUT2D eigenvalue weighted by atomic mass is 35.5. The smallest absolute Gasteiger partial charge is 0.417 e. The van der Waals surface area contributed by atoms with Crippen LogP contribution in [0.15, 0.2) is 46.7 Å². The van der Waals surface area contributed by atoms with Crippen LogP contribution in [-0.2, 0) is 20.8 Å². The molecule has 182 valence electrons. The summed E-state index contributed by atoms with van der Waals surface area (Å²) in [5, 5.41) is 9.32. The molecule has 0 saturated heterocycles. The number of nitriles is 1. The molecule has 2 aromatic carbocycles. The Morgan fingerprint density at radius 3 is 2.50 bits per heavy atom. The molecule has 3 rings (SSSR count).